The van der Waals surface area contributed by atoms with E-state index >= 15 is 0 Å². The molecule has 0 bridgehead atoms. The quantitative estimate of drug-likeness (QED) is 0.320. The predicted molar refractivity (Wildman–Crippen MR) is 136 cm³/mol. The fraction of sp³-hybridized carbons (Fsp3) is 0.0741. The van der Waals surface area contributed by atoms with E-state index in [1.807, 2.05) is 36.4 Å². The number of carbonyl (C=O) groups excluding carboxylic acids is 1. The molecule has 0 atom stereocenters. The van der Waals surface area contributed by atoms with Crippen LogP contribution in [-0.2, 0) is 14.8 Å². The molecule has 0 saturated carbocycles. The van der Waals surface area contributed by atoms with Gasteiger partial charge in [-0.15, -0.1) is 0 Å². The van der Waals surface area contributed by atoms with Gasteiger partial charge in [0.15, 0.2) is 12.4 Å². The Bertz CT molecular complexity index is 1410. The summed E-state index contributed by atoms with van der Waals surface area (Å²) in [5, 5.41) is 2.79. The summed E-state index contributed by atoms with van der Waals surface area (Å²) in [5.41, 5.74) is 1.57. The van der Waals surface area contributed by atoms with E-state index in [9.17, 15) is 13.2 Å². The number of amides is 1. The lowest BCUT2D eigenvalue weighted by Gasteiger charge is -2.14. The lowest BCUT2D eigenvalue weighted by molar-refractivity contribution is -0.118. The van der Waals surface area contributed by atoms with Crippen molar-refractivity contribution in [3.63, 3.8) is 0 Å². The van der Waals surface area contributed by atoms with Crippen LogP contribution in [0.5, 0.6) is 17.2 Å². The van der Waals surface area contributed by atoms with Crippen molar-refractivity contribution in [1.29, 1.82) is 0 Å². The Morgan fingerprint density at radius 3 is 2.17 bits per heavy atom. The van der Waals surface area contributed by atoms with Gasteiger partial charge >= 0.3 is 0 Å². The monoisotopic (exact) mass is 488 g/mol. The van der Waals surface area contributed by atoms with Crippen molar-refractivity contribution in [2.45, 2.75) is 11.8 Å². The second kappa shape index (κ2) is 10.8. The van der Waals surface area contributed by atoms with Gasteiger partial charge in [0, 0.05) is 5.69 Å². The fourth-order valence-electron chi connectivity index (χ4n) is 3.28. The molecule has 0 aliphatic carbocycles. The molecule has 0 aliphatic heterocycles. The first-order valence-electron chi connectivity index (χ1n) is 10.8. The zero-order chi connectivity index (χ0) is 24.7. The maximum atomic E-state index is 12.7. The van der Waals surface area contributed by atoms with Crippen LogP contribution in [-0.4, -0.2) is 20.9 Å². The van der Waals surface area contributed by atoms with Crippen molar-refractivity contribution in [3.05, 3.63) is 109 Å². The maximum absolute atomic E-state index is 12.7. The molecule has 4 rings (SSSR count). The predicted octanol–water partition coefficient (Wildman–Crippen LogP) is 5.61. The second-order valence-corrected chi connectivity index (χ2v) is 9.33. The summed E-state index contributed by atoms with van der Waals surface area (Å²) in [5.74, 6) is 1.19. The summed E-state index contributed by atoms with van der Waals surface area (Å²) in [6.45, 7) is 1.46. The van der Waals surface area contributed by atoms with Gasteiger partial charge in [-0.3, -0.25) is 9.52 Å². The molecule has 8 heteroatoms. The molecule has 4 aromatic carbocycles. The molecule has 0 radical (unpaired) electrons. The highest BCUT2D eigenvalue weighted by Crippen LogP contribution is 2.29. The van der Waals surface area contributed by atoms with Gasteiger partial charge in [0.1, 0.15) is 11.5 Å². The van der Waals surface area contributed by atoms with E-state index in [2.05, 4.69) is 10.0 Å². The van der Waals surface area contributed by atoms with Gasteiger partial charge in [-0.2, -0.15) is 0 Å². The summed E-state index contributed by atoms with van der Waals surface area (Å²) >= 11 is 0. The largest absolute Gasteiger partial charge is 0.483 e. The van der Waals surface area contributed by atoms with Gasteiger partial charge in [0.2, 0.25) is 0 Å². The van der Waals surface area contributed by atoms with Crippen molar-refractivity contribution in [2.24, 2.45) is 0 Å². The fourth-order valence-corrected chi connectivity index (χ4v) is 4.42. The third-order valence-corrected chi connectivity index (χ3v) is 6.35. The molecule has 0 heterocycles. The zero-order valence-corrected chi connectivity index (χ0v) is 19.8. The standard InChI is InChI=1S/C27H24N2O5S/c1-20-18-23(35(31,32)29-21-10-4-2-5-11-21)16-17-25(20)33-19-27(30)28-24-14-8-9-15-26(24)34-22-12-6-3-7-13-22/h2-18,29H,19H2,1H3,(H,28,30). The van der Waals surface area contributed by atoms with Crippen LogP contribution < -0.4 is 19.5 Å². The Morgan fingerprint density at radius 1 is 0.800 bits per heavy atom. The van der Waals surface area contributed by atoms with Gasteiger partial charge in [0.05, 0.1) is 10.6 Å². The molecule has 0 unspecified atom stereocenters. The Morgan fingerprint density at radius 2 is 1.46 bits per heavy atom. The van der Waals surface area contributed by atoms with E-state index in [1.54, 1.807) is 55.5 Å². The number of hydrogen-bond donors (Lipinski definition) is 2. The molecule has 7 nitrogen and oxygen atoms in total. The molecule has 0 aliphatic rings. The topological polar surface area (TPSA) is 93.7 Å². The van der Waals surface area contributed by atoms with Gasteiger partial charge in [-0.25, -0.2) is 8.42 Å². The van der Waals surface area contributed by atoms with Crippen LogP contribution in [0.3, 0.4) is 0 Å². The maximum Gasteiger partial charge on any atom is 0.262 e. The Hall–Kier alpha value is -4.30. The number of hydrogen-bond acceptors (Lipinski definition) is 5. The molecule has 0 fully saturated rings. The van der Waals surface area contributed by atoms with Gasteiger partial charge in [-0.05, 0) is 67.1 Å². The Balaban J connectivity index is 1.38. The smallest absolute Gasteiger partial charge is 0.262 e. The summed E-state index contributed by atoms with van der Waals surface area (Å²) in [6.07, 6.45) is 0. The van der Waals surface area contributed by atoms with Crippen molar-refractivity contribution < 1.29 is 22.7 Å². The van der Waals surface area contributed by atoms with Crippen LogP contribution in [0, 0.1) is 6.92 Å². The summed E-state index contributed by atoms with van der Waals surface area (Å²) in [7, 11) is -3.75. The normalized spacial score (nSPS) is 10.9. The number of rotatable bonds is 9. The molecule has 0 spiro atoms. The van der Waals surface area contributed by atoms with E-state index in [1.165, 1.54) is 18.2 Å². The van der Waals surface area contributed by atoms with E-state index in [0.29, 0.717) is 34.2 Å². The average molecular weight is 489 g/mol. The Kier molecular flexibility index (Phi) is 7.32. The summed E-state index contributed by atoms with van der Waals surface area (Å²) in [4.78, 5) is 12.6. The molecule has 0 aromatic heterocycles. The van der Waals surface area contributed by atoms with Crippen LogP contribution in [0.25, 0.3) is 0 Å². The van der Waals surface area contributed by atoms with Crippen LogP contribution in [0.15, 0.2) is 108 Å². The number of aryl methyl sites for hydroxylation is 1. The van der Waals surface area contributed by atoms with Gasteiger partial charge in [-0.1, -0.05) is 48.5 Å². The summed E-state index contributed by atoms with van der Waals surface area (Å²) < 4.78 is 39.4. The van der Waals surface area contributed by atoms with Crippen LogP contribution >= 0.6 is 0 Å². The minimum absolute atomic E-state index is 0.0997. The highest BCUT2D eigenvalue weighted by Gasteiger charge is 2.16. The number of sulfonamides is 1. The molecule has 35 heavy (non-hydrogen) atoms. The summed E-state index contributed by atoms with van der Waals surface area (Å²) in [6, 6.07) is 29.5. The highest BCUT2D eigenvalue weighted by atomic mass is 32.2. The van der Waals surface area contributed by atoms with Crippen LogP contribution in [0.1, 0.15) is 5.56 Å². The number of ether oxygens (including phenoxy) is 2. The highest BCUT2D eigenvalue weighted by molar-refractivity contribution is 7.92. The third-order valence-electron chi connectivity index (χ3n) is 4.97. The number of nitrogens with one attached hydrogen (secondary N) is 2. The van der Waals surface area contributed by atoms with Crippen LogP contribution in [0.4, 0.5) is 11.4 Å². The van der Waals surface area contributed by atoms with E-state index in [0.717, 1.165) is 0 Å². The lowest BCUT2D eigenvalue weighted by Crippen LogP contribution is -2.20. The third kappa shape index (κ3) is 6.39. The molecular formula is C27H24N2O5S. The minimum Gasteiger partial charge on any atom is -0.483 e. The van der Waals surface area contributed by atoms with Gasteiger partial charge < -0.3 is 14.8 Å². The van der Waals surface area contributed by atoms with Crippen molar-refractivity contribution >= 4 is 27.3 Å². The molecule has 0 saturated heterocycles. The van der Waals surface area contributed by atoms with Crippen molar-refractivity contribution in [3.8, 4) is 17.2 Å². The first-order chi connectivity index (χ1) is 16.9. The van der Waals surface area contributed by atoms with Gasteiger partial charge in [0.25, 0.3) is 15.9 Å². The molecule has 1 amide bonds. The van der Waals surface area contributed by atoms with E-state index in [4.69, 9.17) is 9.47 Å². The molecule has 178 valence electrons. The second-order valence-electron chi connectivity index (χ2n) is 7.65. The molecule has 2 N–H and O–H groups in total. The zero-order valence-electron chi connectivity index (χ0n) is 19.0. The Labute approximate surface area is 204 Å². The number of anilines is 2. The minimum atomic E-state index is -3.75. The molecular weight excluding hydrogens is 464 g/mol. The van der Waals surface area contributed by atoms with Crippen molar-refractivity contribution in [2.75, 3.05) is 16.6 Å². The van der Waals surface area contributed by atoms with Crippen LogP contribution in [0.2, 0.25) is 0 Å². The molecule has 4 aromatic rings. The first kappa shape index (κ1) is 23.8. The lowest BCUT2D eigenvalue weighted by atomic mass is 10.2. The van der Waals surface area contributed by atoms with E-state index < -0.39 is 10.0 Å². The SMILES string of the molecule is Cc1cc(S(=O)(=O)Nc2ccccc2)ccc1OCC(=O)Nc1ccccc1Oc1ccccc1. The first-order valence-corrected chi connectivity index (χ1v) is 12.3. The van der Waals surface area contributed by atoms with E-state index in [-0.39, 0.29) is 17.4 Å². The number of benzene rings is 4. The van der Waals surface area contributed by atoms with Crippen molar-refractivity contribution in [1.82, 2.24) is 0 Å². The number of para-hydroxylation sites is 4. The number of carbonyl (C=O) groups is 1. The average Bonchev–Trinajstić information content (AvgIpc) is 2.85.